The Morgan fingerprint density at radius 1 is 1.19 bits per heavy atom. The molecule has 0 atom stereocenters. The molecule has 0 unspecified atom stereocenters. The van der Waals surface area contributed by atoms with Gasteiger partial charge in [-0.2, -0.15) is 0 Å². The van der Waals surface area contributed by atoms with E-state index < -0.39 is 0 Å². The van der Waals surface area contributed by atoms with Crippen molar-refractivity contribution < 1.29 is 14.3 Å². The number of rotatable bonds is 5. The predicted octanol–water partition coefficient (Wildman–Crippen LogP) is 3.13. The van der Waals surface area contributed by atoms with Crippen molar-refractivity contribution in [2.24, 2.45) is 0 Å². The van der Waals surface area contributed by atoms with Gasteiger partial charge in [0.2, 0.25) is 5.91 Å². The Labute approximate surface area is 156 Å². The van der Waals surface area contributed by atoms with Gasteiger partial charge in [-0.15, -0.1) is 0 Å². The summed E-state index contributed by atoms with van der Waals surface area (Å²) in [5, 5.41) is 6.31. The summed E-state index contributed by atoms with van der Waals surface area (Å²) < 4.78 is 5.02. The number of carbonyl (C=O) groups is 2. The zero-order valence-corrected chi connectivity index (χ0v) is 16.3. The maximum absolute atomic E-state index is 12.3. The fourth-order valence-electron chi connectivity index (χ4n) is 3.16. The van der Waals surface area contributed by atoms with Gasteiger partial charge in [0.05, 0.1) is 13.2 Å². The summed E-state index contributed by atoms with van der Waals surface area (Å²) in [6.45, 7) is 10.2. The van der Waals surface area contributed by atoms with Gasteiger partial charge in [0.15, 0.2) is 0 Å². The third kappa shape index (κ3) is 5.73. The molecule has 26 heavy (non-hydrogen) atoms. The fourth-order valence-corrected chi connectivity index (χ4v) is 3.16. The standard InChI is InChI=1S/C20H31N3O3/c1-5-26-19(25)23-12-10-15(11-13-23)21-14-18(24)22-17-9-7-6-8-16(17)20(2,3)4/h6-9,15,21H,5,10-14H2,1-4H3,(H,22,24). The minimum atomic E-state index is -0.248. The van der Waals surface area contributed by atoms with Crippen LogP contribution in [0.4, 0.5) is 10.5 Å². The van der Waals surface area contributed by atoms with E-state index in [1.165, 1.54) is 0 Å². The van der Waals surface area contributed by atoms with Gasteiger partial charge in [0.25, 0.3) is 0 Å². The van der Waals surface area contributed by atoms with Crippen LogP contribution in [0.2, 0.25) is 0 Å². The van der Waals surface area contributed by atoms with Crippen molar-refractivity contribution in [3.8, 4) is 0 Å². The molecule has 0 saturated carbocycles. The molecule has 1 aliphatic rings. The van der Waals surface area contributed by atoms with Crippen molar-refractivity contribution in [1.82, 2.24) is 10.2 Å². The van der Waals surface area contributed by atoms with Crippen LogP contribution in [0.1, 0.15) is 46.1 Å². The smallest absolute Gasteiger partial charge is 0.409 e. The van der Waals surface area contributed by atoms with Crippen molar-refractivity contribution in [3.05, 3.63) is 29.8 Å². The molecule has 1 saturated heterocycles. The van der Waals surface area contributed by atoms with Crippen LogP contribution in [0.3, 0.4) is 0 Å². The van der Waals surface area contributed by atoms with E-state index in [0.29, 0.717) is 19.7 Å². The Morgan fingerprint density at radius 3 is 2.46 bits per heavy atom. The van der Waals surface area contributed by atoms with E-state index in [2.05, 4.69) is 31.4 Å². The van der Waals surface area contributed by atoms with Gasteiger partial charge in [-0.25, -0.2) is 4.79 Å². The average Bonchev–Trinajstić information content (AvgIpc) is 2.60. The van der Waals surface area contributed by atoms with Crippen molar-refractivity contribution in [3.63, 3.8) is 0 Å². The number of benzene rings is 1. The Balaban J connectivity index is 1.79. The first kappa shape index (κ1) is 20.2. The first-order valence-electron chi connectivity index (χ1n) is 9.35. The van der Waals surface area contributed by atoms with Gasteiger partial charge in [0.1, 0.15) is 0 Å². The summed E-state index contributed by atoms with van der Waals surface area (Å²) in [5.74, 6) is -0.0467. The summed E-state index contributed by atoms with van der Waals surface area (Å²) >= 11 is 0. The highest BCUT2D eigenvalue weighted by Crippen LogP contribution is 2.29. The highest BCUT2D eigenvalue weighted by atomic mass is 16.6. The second-order valence-electron chi connectivity index (χ2n) is 7.68. The zero-order chi connectivity index (χ0) is 19.2. The number of nitrogens with one attached hydrogen (secondary N) is 2. The van der Waals surface area contributed by atoms with Crippen molar-refractivity contribution in [2.75, 3.05) is 31.6 Å². The predicted molar refractivity (Wildman–Crippen MR) is 103 cm³/mol. The first-order valence-corrected chi connectivity index (χ1v) is 9.35. The summed E-state index contributed by atoms with van der Waals surface area (Å²) in [6.07, 6.45) is 1.40. The number of anilines is 1. The molecule has 0 radical (unpaired) electrons. The lowest BCUT2D eigenvalue weighted by Crippen LogP contribution is -2.46. The number of likely N-dealkylation sites (tertiary alicyclic amines) is 1. The van der Waals surface area contributed by atoms with Gasteiger partial charge in [-0.05, 0) is 36.8 Å². The molecule has 6 nitrogen and oxygen atoms in total. The molecule has 1 aromatic rings. The van der Waals surface area contributed by atoms with Gasteiger partial charge < -0.3 is 20.3 Å². The Hall–Kier alpha value is -2.08. The van der Waals surface area contributed by atoms with Crippen LogP contribution in [0.15, 0.2) is 24.3 Å². The summed E-state index contributed by atoms with van der Waals surface area (Å²) in [4.78, 5) is 25.8. The fraction of sp³-hybridized carbons (Fsp3) is 0.600. The second-order valence-corrected chi connectivity index (χ2v) is 7.68. The summed E-state index contributed by atoms with van der Waals surface area (Å²) in [5.41, 5.74) is 1.96. The van der Waals surface area contributed by atoms with Gasteiger partial charge in [-0.3, -0.25) is 4.79 Å². The molecule has 1 heterocycles. The molecule has 0 spiro atoms. The molecule has 1 aliphatic heterocycles. The van der Waals surface area contributed by atoms with Crippen LogP contribution < -0.4 is 10.6 Å². The third-order valence-electron chi connectivity index (χ3n) is 4.58. The highest BCUT2D eigenvalue weighted by Gasteiger charge is 2.24. The molecule has 6 heteroatoms. The number of piperidine rings is 1. The molecular weight excluding hydrogens is 330 g/mol. The first-order chi connectivity index (χ1) is 12.3. The van der Waals surface area contributed by atoms with E-state index in [9.17, 15) is 9.59 Å². The molecular formula is C20H31N3O3. The highest BCUT2D eigenvalue weighted by molar-refractivity contribution is 5.93. The SMILES string of the molecule is CCOC(=O)N1CCC(NCC(=O)Nc2ccccc2C(C)(C)C)CC1. The van der Waals surface area contributed by atoms with E-state index in [0.717, 1.165) is 24.1 Å². The van der Waals surface area contributed by atoms with Crippen LogP contribution >= 0.6 is 0 Å². The number of hydrogen-bond donors (Lipinski definition) is 2. The van der Waals surface area contributed by atoms with Gasteiger partial charge >= 0.3 is 6.09 Å². The van der Waals surface area contributed by atoms with Crippen molar-refractivity contribution in [1.29, 1.82) is 0 Å². The number of amides is 2. The molecule has 1 aromatic carbocycles. The minimum Gasteiger partial charge on any atom is -0.450 e. The monoisotopic (exact) mass is 361 g/mol. The number of ether oxygens (including phenoxy) is 1. The number of hydrogen-bond acceptors (Lipinski definition) is 4. The maximum Gasteiger partial charge on any atom is 0.409 e. The van der Waals surface area contributed by atoms with Gasteiger partial charge in [-0.1, -0.05) is 39.0 Å². The minimum absolute atomic E-state index is 0.0305. The molecule has 144 valence electrons. The van der Waals surface area contributed by atoms with Gasteiger partial charge in [0, 0.05) is 24.8 Å². The molecule has 2 N–H and O–H groups in total. The third-order valence-corrected chi connectivity index (χ3v) is 4.58. The lowest BCUT2D eigenvalue weighted by Gasteiger charge is -2.31. The van der Waals surface area contributed by atoms with E-state index in [1.54, 1.807) is 4.90 Å². The topological polar surface area (TPSA) is 70.7 Å². The molecule has 0 aromatic heterocycles. The normalized spacial score (nSPS) is 15.6. The van der Waals surface area contributed by atoms with Crippen molar-refractivity contribution in [2.45, 2.75) is 52.0 Å². The molecule has 2 rings (SSSR count). The largest absolute Gasteiger partial charge is 0.450 e. The van der Waals surface area contributed by atoms with Crippen LogP contribution in [0, 0.1) is 0 Å². The van der Waals surface area contributed by atoms with Crippen LogP contribution in [0.25, 0.3) is 0 Å². The molecule has 1 fully saturated rings. The van der Waals surface area contributed by atoms with Crippen molar-refractivity contribution >= 4 is 17.7 Å². The van der Waals surface area contributed by atoms with E-state index in [-0.39, 0.29) is 30.0 Å². The van der Waals surface area contributed by atoms with Crippen LogP contribution in [-0.2, 0) is 14.9 Å². The second kappa shape index (κ2) is 9.03. The average molecular weight is 361 g/mol. The summed E-state index contributed by atoms with van der Waals surface area (Å²) in [7, 11) is 0. The Bertz CT molecular complexity index is 617. The number of nitrogens with zero attached hydrogens (tertiary/aromatic N) is 1. The Morgan fingerprint density at radius 2 is 1.85 bits per heavy atom. The maximum atomic E-state index is 12.3. The van der Waals surface area contributed by atoms with E-state index in [4.69, 9.17) is 4.74 Å². The van der Waals surface area contributed by atoms with E-state index >= 15 is 0 Å². The van der Waals surface area contributed by atoms with Crippen LogP contribution in [0.5, 0.6) is 0 Å². The lowest BCUT2D eigenvalue weighted by molar-refractivity contribution is -0.115. The van der Waals surface area contributed by atoms with Crippen LogP contribution in [-0.4, -0.2) is 49.2 Å². The lowest BCUT2D eigenvalue weighted by atomic mass is 9.86. The molecule has 2 amide bonds. The Kier molecular flexibility index (Phi) is 7.03. The van der Waals surface area contributed by atoms with E-state index in [1.807, 2.05) is 31.2 Å². The number of carbonyl (C=O) groups excluding carboxylic acids is 2. The molecule has 0 bridgehead atoms. The summed E-state index contributed by atoms with van der Waals surface area (Å²) in [6, 6.07) is 8.16. The molecule has 0 aliphatic carbocycles. The number of para-hydroxylation sites is 1. The quantitative estimate of drug-likeness (QED) is 0.845. The zero-order valence-electron chi connectivity index (χ0n) is 16.3.